The first kappa shape index (κ1) is 16.4. The van der Waals surface area contributed by atoms with E-state index in [9.17, 15) is 4.79 Å². The fourth-order valence-corrected chi connectivity index (χ4v) is 2.87. The first-order valence-electron chi connectivity index (χ1n) is 7.66. The average Bonchev–Trinajstić information content (AvgIpc) is 2.43. The number of likely N-dealkylation sites (tertiary alicyclic amines) is 1. The molecule has 4 heteroatoms. The Hall–Kier alpha value is -0.610. The quantitative estimate of drug-likeness (QED) is 0.795. The zero-order chi connectivity index (χ0) is 14.4. The summed E-state index contributed by atoms with van der Waals surface area (Å²) in [6.07, 6.45) is 3.65. The fraction of sp³-hybridized carbons (Fsp3) is 0.933. The average molecular weight is 269 g/mol. The minimum absolute atomic E-state index is 0.0103. The molecule has 3 atom stereocenters. The summed E-state index contributed by atoms with van der Waals surface area (Å²) in [5, 5.41) is 3.59. The molecule has 1 saturated heterocycles. The van der Waals surface area contributed by atoms with E-state index < -0.39 is 0 Å². The van der Waals surface area contributed by atoms with Crippen LogP contribution in [0.25, 0.3) is 0 Å². The van der Waals surface area contributed by atoms with Crippen molar-refractivity contribution >= 4 is 5.91 Å². The number of nitrogens with zero attached hydrogens (tertiary/aromatic N) is 2. The molecule has 19 heavy (non-hydrogen) atoms. The number of likely N-dealkylation sites (N-methyl/N-ethyl adjacent to an activating group) is 1. The summed E-state index contributed by atoms with van der Waals surface area (Å²) in [4.78, 5) is 16.1. The SMILES string of the molecule is CCCNC(C)C1CCCN(C(C)C(=O)N(C)C)C1. The number of hydrogen-bond donors (Lipinski definition) is 1. The summed E-state index contributed by atoms with van der Waals surface area (Å²) >= 11 is 0. The van der Waals surface area contributed by atoms with Gasteiger partial charge in [0.05, 0.1) is 6.04 Å². The summed E-state index contributed by atoms with van der Waals surface area (Å²) in [5.74, 6) is 0.882. The Balaban J connectivity index is 2.51. The molecule has 4 nitrogen and oxygen atoms in total. The molecule has 1 fully saturated rings. The third-order valence-electron chi connectivity index (χ3n) is 4.26. The zero-order valence-electron chi connectivity index (χ0n) is 13.3. The topological polar surface area (TPSA) is 35.6 Å². The lowest BCUT2D eigenvalue weighted by molar-refractivity contribution is -0.134. The molecule has 1 aliphatic heterocycles. The molecule has 0 radical (unpaired) electrons. The van der Waals surface area contributed by atoms with E-state index in [1.807, 2.05) is 21.0 Å². The normalized spacial score (nSPS) is 23.9. The Bertz CT molecular complexity index is 281. The van der Waals surface area contributed by atoms with Crippen molar-refractivity contribution in [1.82, 2.24) is 15.1 Å². The summed E-state index contributed by atoms with van der Waals surface area (Å²) < 4.78 is 0. The maximum absolute atomic E-state index is 12.1. The number of carbonyl (C=O) groups excluding carboxylic acids is 1. The van der Waals surface area contributed by atoms with Gasteiger partial charge in [0.15, 0.2) is 0 Å². The molecule has 1 aliphatic rings. The van der Waals surface area contributed by atoms with Gasteiger partial charge < -0.3 is 10.2 Å². The Labute approximate surface area is 118 Å². The number of nitrogens with one attached hydrogen (secondary N) is 1. The van der Waals surface area contributed by atoms with Gasteiger partial charge in [0, 0.05) is 26.7 Å². The smallest absolute Gasteiger partial charge is 0.239 e. The number of amides is 1. The fourth-order valence-electron chi connectivity index (χ4n) is 2.87. The van der Waals surface area contributed by atoms with Gasteiger partial charge in [-0.15, -0.1) is 0 Å². The molecule has 0 aromatic heterocycles. The summed E-state index contributed by atoms with van der Waals surface area (Å²) in [6, 6.07) is 0.556. The molecule has 0 spiro atoms. The van der Waals surface area contributed by atoms with Crippen molar-refractivity contribution in [3.63, 3.8) is 0 Å². The van der Waals surface area contributed by atoms with Gasteiger partial charge in [-0.05, 0) is 52.1 Å². The largest absolute Gasteiger partial charge is 0.347 e. The van der Waals surface area contributed by atoms with Crippen molar-refractivity contribution in [2.75, 3.05) is 33.7 Å². The van der Waals surface area contributed by atoms with Crippen LogP contribution in [0, 0.1) is 5.92 Å². The highest BCUT2D eigenvalue weighted by Gasteiger charge is 2.30. The first-order chi connectivity index (χ1) is 8.97. The van der Waals surface area contributed by atoms with Crippen LogP contribution < -0.4 is 5.32 Å². The van der Waals surface area contributed by atoms with E-state index in [-0.39, 0.29) is 11.9 Å². The van der Waals surface area contributed by atoms with Crippen LogP contribution in [0.1, 0.15) is 40.0 Å². The Morgan fingerprint density at radius 2 is 2.11 bits per heavy atom. The maximum Gasteiger partial charge on any atom is 0.239 e. The third-order valence-corrected chi connectivity index (χ3v) is 4.26. The molecular formula is C15H31N3O. The molecule has 0 aliphatic carbocycles. The summed E-state index contributed by atoms with van der Waals surface area (Å²) in [7, 11) is 3.68. The Morgan fingerprint density at radius 3 is 2.68 bits per heavy atom. The van der Waals surface area contributed by atoms with E-state index in [1.54, 1.807) is 4.90 Å². The van der Waals surface area contributed by atoms with Gasteiger partial charge in [-0.2, -0.15) is 0 Å². The van der Waals surface area contributed by atoms with Gasteiger partial charge in [-0.25, -0.2) is 0 Å². The van der Waals surface area contributed by atoms with Crippen molar-refractivity contribution in [3.8, 4) is 0 Å². The predicted octanol–water partition coefficient (Wildman–Crippen LogP) is 1.56. The minimum Gasteiger partial charge on any atom is -0.347 e. The van der Waals surface area contributed by atoms with Crippen LogP contribution >= 0.6 is 0 Å². The van der Waals surface area contributed by atoms with Gasteiger partial charge >= 0.3 is 0 Å². The second-order valence-electron chi connectivity index (χ2n) is 6.05. The molecule has 0 aromatic carbocycles. The lowest BCUT2D eigenvalue weighted by Crippen LogP contribution is -2.51. The van der Waals surface area contributed by atoms with Gasteiger partial charge in [0.2, 0.25) is 5.91 Å². The van der Waals surface area contributed by atoms with Crippen molar-refractivity contribution in [1.29, 1.82) is 0 Å². The van der Waals surface area contributed by atoms with Crippen LogP contribution in [0.4, 0.5) is 0 Å². The van der Waals surface area contributed by atoms with E-state index in [1.165, 1.54) is 19.3 Å². The molecule has 1 N–H and O–H groups in total. The van der Waals surface area contributed by atoms with Crippen LogP contribution in [0.15, 0.2) is 0 Å². The van der Waals surface area contributed by atoms with Crippen molar-refractivity contribution in [2.45, 2.75) is 52.1 Å². The Morgan fingerprint density at radius 1 is 1.42 bits per heavy atom. The van der Waals surface area contributed by atoms with Crippen LogP contribution in [0.5, 0.6) is 0 Å². The monoisotopic (exact) mass is 269 g/mol. The summed E-state index contributed by atoms with van der Waals surface area (Å²) in [5.41, 5.74) is 0. The molecular weight excluding hydrogens is 238 g/mol. The standard InChI is InChI=1S/C15H31N3O/c1-6-9-16-12(2)14-8-7-10-18(11-14)13(3)15(19)17(4)5/h12-14,16H,6-11H2,1-5H3. The number of hydrogen-bond acceptors (Lipinski definition) is 3. The van der Waals surface area contributed by atoms with Crippen LogP contribution in [0.3, 0.4) is 0 Å². The van der Waals surface area contributed by atoms with E-state index in [0.717, 1.165) is 19.6 Å². The number of piperidine rings is 1. The van der Waals surface area contributed by atoms with Crippen molar-refractivity contribution in [3.05, 3.63) is 0 Å². The van der Waals surface area contributed by atoms with E-state index in [2.05, 4.69) is 24.1 Å². The molecule has 3 unspecified atom stereocenters. The van der Waals surface area contributed by atoms with Gasteiger partial charge in [-0.1, -0.05) is 6.92 Å². The molecule has 1 rings (SSSR count). The number of rotatable bonds is 6. The second-order valence-corrected chi connectivity index (χ2v) is 6.05. The van der Waals surface area contributed by atoms with Crippen molar-refractivity contribution < 1.29 is 4.79 Å². The highest BCUT2D eigenvalue weighted by atomic mass is 16.2. The van der Waals surface area contributed by atoms with E-state index in [0.29, 0.717) is 12.0 Å². The predicted molar refractivity (Wildman–Crippen MR) is 80.2 cm³/mol. The molecule has 0 saturated carbocycles. The molecule has 0 bridgehead atoms. The second kappa shape index (κ2) is 7.85. The lowest BCUT2D eigenvalue weighted by atomic mass is 9.90. The van der Waals surface area contributed by atoms with Gasteiger partial charge in [-0.3, -0.25) is 9.69 Å². The van der Waals surface area contributed by atoms with Gasteiger partial charge in [0.1, 0.15) is 0 Å². The van der Waals surface area contributed by atoms with Crippen molar-refractivity contribution in [2.24, 2.45) is 5.92 Å². The lowest BCUT2D eigenvalue weighted by Gasteiger charge is -2.39. The van der Waals surface area contributed by atoms with E-state index in [4.69, 9.17) is 0 Å². The van der Waals surface area contributed by atoms with E-state index >= 15 is 0 Å². The zero-order valence-corrected chi connectivity index (χ0v) is 13.3. The third kappa shape index (κ3) is 4.77. The van der Waals surface area contributed by atoms with Crippen LogP contribution in [-0.2, 0) is 4.79 Å². The molecule has 112 valence electrons. The minimum atomic E-state index is 0.0103. The number of carbonyl (C=O) groups is 1. The van der Waals surface area contributed by atoms with Crippen LogP contribution in [-0.4, -0.2) is 61.5 Å². The molecule has 0 aromatic rings. The molecule has 1 amide bonds. The highest BCUT2D eigenvalue weighted by molar-refractivity contribution is 5.80. The Kier molecular flexibility index (Phi) is 6.80. The first-order valence-corrected chi connectivity index (χ1v) is 7.66. The van der Waals surface area contributed by atoms with Gasteiger partial charge in [0.25, 0.3) is 0 Å². The highest BCUT2D eigenvalue weighted by Crippen LogP contribution is 2.21. The molecule has 1 heterocycles. The summed E-state index contributed by atoms with van der Waals surface area (Å²) in [6.45, 7) is 9.70. The maximum atomic E-state index is 12.1. The van der Waals surface area contributed by atoms with Crippen LogP contribution in [0.2, 0.25) is 0 Å².